The highest BCUT2D eigenvalue weighted by Crippen LogP contribution is 2.49. The maximum Gasteiger partial charge on any atom is 0.159 e. The molecule has 0 aliphatic carbocycles. The van der Waals surface area contributed by atoms with E-state index in [1.54, 1.807) is 0 Å². The van der Waals surface area contributed by atoms with Gasteiger partial charge in [-0.15, -0.1) is 0 Å². The third-order valence-electron chi connectivity index (χ3n) is 11.9. The van der Waals surface area contributed by atoms with Crippen LogP contribution in [0.5, 0.6) is 0 Å². The molecule has 3 nitrogen and oxygen atoms in total. The molecule has 2 heterocycles. The van der Waals surface area contributed by atoms with Crippen LogP contribution in [0.25, 0.3) is 93.2 Å². The van der Waals surface area contributed by atoms with Crippen molar-refractivity contribution in [2.45, 2.75) is 0 Å². The van der Waals surface area contributed by atoms with Gasteiger partial charge in [0.05, 0.1) is 22.4 Å². The van der Waals surface area contributed by atoms with Gasteiger partial charge in [-0.2, -0.15) is 0 Å². The van der Waals surface area contributed by atoms with Gasteiger partial charge in [0, 0.05) is 32.9 Å². The highest BCUT2D eigenvalue weighted by atomic mass is 16.3. The zero-order chi connectivity index (χ0) is 38.9. The maximum absolute atomic E-state index is 6.99. The Morgan fingerprint density at radius 1 is 0.373 bits per heavy atom. The zero-order valence-electron chi connectivity index (χ0n) is 32.1. The second-order valence-electron chi connectivity index (χ2n) is 15.3. The SMILES string of the molecule is c1ccc(-c2cc(N(c3cccc4c3oc3cc5ccccc5cc34)c3cccc4c3c3ccccc3n4-c3ccccc3)ccc2-c2ccc3ccccc3c2)cc1. The van der Waals surface area contributed by atoms with E-state index in [2.05, 4.69) is 228 Å². The lowest BCUT2D eigenvalue weighted by Crippen LogP contribution is -2.11. The van der Waals surface area contributed by atoms with Crippen molar-refractivity contribution >= 4 is 82.4 Å². The summed E-state index contributed by atoms with van der Waals surface area (Å²) in [7, 11) is 0. The van der Waals surface area contributed by atoms with Crippen molar-refractivity contribution < 1.29 is 4.42 Å². The van der Waals surface area contributed by atoms with Crippen molar-refractivity contribution in [2.24, 2.45) is 0 Å². The minimum atomic E-state index is 0.849. The van der Waals surface area contributed by atoms with Crippen LogP contribution >= 0.6 is 0 Å². The normalized spacial score (nSPS) is 11.7. The van der Waals surface area contributed by atoms with Crippen LogP contribution in [-0.4, -0.2) is 4.57 Å². The van der Waals surface area contributed by atoms with E-state index in [-0.39, 0.29) is 0 Å². The Hall–Kier alpha value is -7.88. The van der Waals surface area contributed by atoms with Gasteiger partial charge >= 0.3 is 0 Å². The number of anilines is 3. The number of rotatable bonds is 6. The average molecular weight is 753 g/mol. The summed E-state index contributed by atoms with van der Waals surface area (Å²) in [6.45, 7) is 0. The molecule has 0 spiro atoms. The molecule has 0 aliphatic rings. The monoisotopic (exact) mass is 752 g/mol. The second-order valence-corrected chi connectivity index (χ2v) is 15.3. The molecule has 0 atom stereocenters. The highest BCUT2D eigenvalue weighted by molar-refractivity contribution is 6.19. The number of benzene rings is 10. The average Bonchev–Trinajstić information content (AvgIpc) is 3.85. The Balaban J connectivity index is 1.17. The minimum absolute atomic E-state index is 0.849. The van der Waals surface area contributed by atoms with E-state index in [9.17, 15) is 0 Å². The van der Waals surface area contributed by atoms with E-state index in [0.717, 1.165) is 72.2 Å². The third kappa shape index (κ3) is 5.36. The van der Waals surface area contributed by atoms with Crippen molar-refractivity contribution in [3.63, 3.8) is 0 Å². The molecular weight excluding hydrogens is 717 g/mol. The standard InChI is InChI=1S/C56H36N2O/c1-3-16-38(17-4-1)48-36-44(31-32-45(48)42-30-29-37-15-7-8-18-39(37)33-42)58(53-28-13-24-46-49-34-40-19-9-10-20-41(40)35-54(49)59-56(46)53)52-27-14-26-51-55(52)47-23-11-12-25-50(47)57(51)43-21-5-2-6-22-43/h1-36H. The Bertz CT molecular complexity index is 3560. The van der Waals surface area contributed by atoms with Gasteiger partial charge in [-0.05, 0) is 111 Å². The van der Waals surface area contributed by atoms with Gasteiger partial charge < -0.3 is 13.9 Å². The molecule has 276 valence electrons. The molecule has 12 aromatic rings. The summed E-state index contributed by atoms with van der Waals surface area (Å²) in [6, 6.07) is 78.8. The number of aromatic nitrogens is 1. The van der Waals surface area contributed by atoms with Gasteiger partial charge in [0.2, 0.25) is 0 Å². The zero-order valence-corrected chi connectivity index (χ0v) is 32.1. The summed E-state index contributed by atoms with van der Waals surface area (Å²) >= 11 is 0. The van der Waals surface area contributed by atoms with Gasteiger partial charge in [0.15, 0.2) is 5.58 Å². The van der Waals surface area contributed by atoms with Crippen molar-refractivity contribution in [1.29, 1.82) is 0 Å². The highest BCUT2D eigenvalue weighted by Gasteiger charge is 2.25. The Morgan fingerprint density at radius 3 is 1.85 bits per heavy atom. The van der Waals surface area contributed by atoms with E-state index < -0.39 is 0 Å². The molecule has 12 rings (SSSR count). The van der Waals surface area contributed by atoms with Gasteiger partial charge in [-0.25, -0.2) is 0 Å². The summed E-state index contributed by atoms with van der Waals surface area (Å²) in [4.78, 5) is 2.42. The van der Waals surface area contributed by atoms with Crippen LogP contribution in [0.4, 0.5) is 17.1 Å². The first kappa shape index (κ1) is 33.3. The molecule has 0 saturated carbocycles. The summed E-state index contributed by atoms with van der Waals surface area (Å²) in [5.41, 5.74) is 12.9. The topological polar surface area (TPSA) is 21.3 Å². The Labute approximate surface area is 341 Å². The first-order valence-electron chi connectivity index (χ1n) is 20.2. The lowest BCUT2D eigenvalue weighted by molar-refractivity contribution is 0.669. The quantitative estimate of drug-likeness (QED) is 0.169. The molecule has 0 saturated heterocycles. The molecule has 0 radical (unpaired) electrons. The second kappa shape index (κ2) is 13.4. The molecule has 0 N–H and O–H groups in total. The fourth-order valence-electron chi connectivity index (χ4n) is 9.23. The van der Waals surface area contributed by atoms with E-state index in [1.165, 1.54) is 38.1 Å². The first-order chi connectivity index (χ1) is 29.3. The predicted molar refractivity (Wildman–Crippen MR) is 249 cm³/mol. The number of fused-ring (bicyclic) bond motifs is 8. The number of hydrogen-bond acceptors (Lipinski definition) is 2. The van der Waals surface area contributed by atoms with E-state index >= 15 is 0 Å². The summed E-state index contributed by atoms with van der Waals surface area (Å²) in [5, 5.41) is 9.36. The van der Waals surface area contributed by atoms with Crippen molar-refractivity contribution in [2.75, 3.05) is 4.90 Å². The summed E-state index contributed by atoms with van der Waals surface area (Å²) < 4.78 is 9.38. The van der Waals surface area contributed by atoms with Gasteiger partial charge in [0.1, 0.15) is 5.58 Å². The maximum atomic E-state index is 6.99. The van der Waals surface area contributed by atoms with Crippen LogP contribution in [0, 0.1) is 0 Å². The predicted octanol–water partition coefficient (Wildman–Crippen LogP) is 15.8. The van der Waals surface area contributed by atoms with E-state index in [1.807, 2.05) is 0 Å². The minimum Gasteiger partial charge on any atom is -0.454 e. The van der Waals surface area contributed by atoms with Crippen LogP contribution in [0.15, 0.2) is 223 Å². The molecule has 59 heavy (non-hydrogen) atoms. The third-order valence-corrected chi connectivity index (χ3v) is 11.9. The molecule has 0 amide bonds. The first-order valence-corrected chi connectivity index (χ1v) is 20.2. The van der Waals surface area contributed by atoms with Gasteiger partial charge in [0.25, 0.3) is 0 Å². The fourth-order valence-corrected chi connectivity index (χ4v) is 9.23. The number of nitrogens with zero attached hydrogens (tertiary/aromatic N) is 2. The van der Waals surface area contributed by atoms with Crippen molar-refractivity contribution in [1.82, 2.24) is 4.57 Å². The van der Waals surface area contributed by atoms with Crippen LogP contribution < -0.4 is 4.90 Å². The summed E-state index contributed by atoms with van der Waals surface area (Å²) in [6.07, 6.45) is 0. The molecule has 0 unspecified atom stereocenters. The molecule has 0 aliphatic heterocycles. The van der Waals surface area contributed by atoms with Crippen molar-refractivity contribution in [3.8, 4) is 27.9 Å². The van der Waals surface area contributed by atoms with Crippen LogP contribution in [0.1, 0.15) is 0 Å². The Morgan fingerprint density at radius 2 is 1.02 bits per heavy atom. The molecule has 2 aromatic heterocycles. The van der Waals surface area contributed by atoms with Crippen LogP contribution in [-0.2, 0) is 0 Å². The smallest absolute Gasteiger partial charge is 0.159 e. The molecule has 0 bridgehead atoms. The van der Waals surface area contributed by atoms with Gasteiger partial charge in [-0.1, -0.05) is 152 Å². The largest absolute Gasteiger partial charge is 0.454 e. The van der Waals surface area contributed by atoms with E-state index in [4.69, 9.17) is 4.42 Å². The lowest BCUT2D eigenvalue weighted by Gasteiger charge is -2.28. The van der Waals surface area contributed by atoms with Gasteiger partial charge in [-0.3, -0.25) is 0 Å². The molecule has 10 aromatic carbocycles. The van der Waals surface area contributed by atoms with Crippen molar-refractivity contribution in [3.05, 3.63) is 218 Å². The van der Waals surface area contributed by atoms with E-state index in [0.29, 0.717) is 0 Å². The van der Waals surface area contributed by atoms with Crippen LogP contribution in [0.3, 0.4) is 0 Å². The molecule has 0 fully saturated rings. The number of para-hydroxylation sites is 3. The molecule has 3 heteroatoms. The molecular formula is C56H36N2O. The number of hydrogen-bond donors (Lipinski definition) is 0. The van der Waals surface area contributed by atoms with Crippen LogP contribution in [0.2, 0.25) is 0 Å². The fraction of sp³-hybridized carbons (Fsp3) is 0. The lowest BCUT2D eigenvalue weighted by atomic mass is 9.92. The Kier molecular flexibility index (Phi) is 7.54. The number of furan rings is 1. The summed E-state index contributed by atoms with van der Waals surface area (Å²) in [5.74, 6) is 0.